The number of halogens is 3. The number of hydrogen-bond donors (Lipinski definition) is 1. The number of nitrogens with zero attached hydrogens (tertiary/aromatic N) is 1. The molecular formula is C13H21F3N2O2. The molecule has 2 N–H and O–H groups in total. The maximum Gasteiger partial charge on any atom is 0.406 e. The minimum atomic E-state index is -4.40. The van der Waals surface area contributed by atoms with E-state index in [1.54, 1.807) is 6.92 Å². The Labute approximate surface area is 116 Å². The van der Waals surface area contributed by atoms with Crippen molar-refractivity contribution in [2.24, 2.45) is 11.7 Å². The van der Waals surface area contributed by atoms with Crippen molar-refractivity contribution in [2.45, 2.75) is 50.4 Å². The lowest BCUT2D eigenvalue weighted by molar-refractivity contribution is -0.171. The predicted molar refractivity (Wildman–Crippen MR) is 66.9 cm³/mol. The molecular weight excluding hydrogens is 273 g/mol. The lowest BCUT2D eigenvalue weighted by Gasteiger charge is -2.39. The van der Waals surface area contributed by atoms with Gasteiger partial charge in [-0.3, -0.25) is 4.79 Å². The number of alkyl halides is 3. The van der Waals surface area contributed by atoms with Gasteiger partial charge < -0.3 is 15.4 Å². The van der Waals surface area contributed by atoms with Crippen molar-refractivity contribution in [1.29, 1.82) is 0 Å². The van der Waals surface area contributed by atoms with E-state index in [4.69, 9.17) is 10.5 Å². The van der Waals surface area contributed by atoms with Crippen molar-refractivity contribution < 1.29 is 22.7 Å². The Bertz CT molecular complexity index is 363. The van der Waals surface area contributed by atoms with Gasteiger partial charge >= 0.3 is 6.18 Å². The second kappa shape index (κ2) is 5.52. The highest BCUT2D eigenvalue weighted by Crippen LogP contribution is 2.37. The molecule has 0 aromatic heterocycles. The minimum absolute atomic E-state index is 0.171. The lowest BCUT2D eigenvalue weighted by atomic mass is 9.89. The average molecular weight is 294 g/mol. The van der Waals surface area contributed by atoms with Crippen LogP contribution >= 0.6 is 0 Å². The van der Waals surface area contributed by atoms with Crippen molar-refractivity contribution in [3.63, 3.8) is 0 Å². The fraction of sp³-hybridized carbons (Fsp3) is 0.923. The molecule has 0 bridgehead atoms. The minimum Gasteiger partial charge on any atom is -0.381 e. The molecule has 2 aliphatic rings. The zero-order chi connectivity index (χ0) is 15.0. The Morgan fingerprint density at radius 3 is 2.40 bits per heavy atom. The molecule has 116 valence electrons. The summed E-state index contributed by atoms with van der Waals surface area (Å²) in [5.74, 6) is -0.415. The standard InChI is InChI=1S/C13H21F3N2O2/c1-9(10-2-3-10)18(8-13(14,15)16)11(19)12(17)4-6-20-7-5-12/h9-10H,2-8,17H2,1H3. The summed E-state index contributed by atoms with van der Waals surface area (Å²) >= 11 is 0. The molecule has 0 spiro atoms. The van der Waals surface area contributed by atoms with Crippen molar-refractivity contribution in [3.8, 4) is 0 Å². The summed E-state index contributed by atoms with van der Waals surface area (Å²) in [6, 6.07) is -0.410. The molecule has 1 atom stereocenters. The molecule has 0 aromatic carbocycles. The van der Waals surface area contributed by atoms with Crippen LogP contribution in [0.5, 0.6) is 0 Å². The smallest absolute Gasteiger partial charge is 0.381 e. The third-order valence-electron chi connectivity index (χ3n) is 4.22. The van der Waals surface area contributed by atoms with Gasteiger partial charge in [0.2, 0.25) is 5.91 Å². The van der Waals surface area contributed by atoms with Gasteiger partial charge in [-0.25, -0.2) is 0 Å². The number of carbonyl (C=O) groups is 1. The molecule has 0 aromatic rings. The molecule has 4 nitrogen and oxygen atoms in total. The van der Waals surface area contributed by atoms with Crippen LogP contribution in [0.15, 0.2) is 0 Å². The summed E-state index contributed by atoms with van der Waals surface area (Å²) in [6.45, 7) is 1.10. The highest BCUT2D eigenvalue weighted by Gasteiger charge is 2.46. The first-order valence-corrected chi connectivity index (χ1v) is 6.97. The monoisotopic (exact) mass is 294 g/mol. The fourth-order valence-electron chi connectivity index (χ4n) is 2.66. The lowest BCUT2D eigenvalue weighted by Crippen LogP contribution is -2.61. The van der Waals surface area contributed by atoms with Crippen LogP contribution in [-0.2, 0) is 9.53 Å². The molecule has 1 unspecified atom stereocenters. The first kappa shape index (κ1) is 15.6. The largest absolute Gasteiger partial charge is 0.406 e. The summed E-state index contributed by atoms with van der Waals surface area (Å²) < 4.78 is 43.4. The molecule has 2 fully saturated rings. The molecule has 1 heterocycles. The predicted octanol–water partition coefficient (Wildman–Crippen LogP) is 1.68. The zero-order valence-corrected chi connectivity index (χ0v) is 11.6. The van der Waals surface area contributed by atoms with Crippen LogP contribution in [0.4, 0.5) is 13.2 Å². The van der Waals surface area contributed by atoms with Crippen molar-refractivity contribution >= 4 is 5.91 Å². The van der Waals surface area contributed by atoms with E-state index in [1.807, 2.05) is 0 Å². The number of nitrogens with two attached hydrogens (primary N) is 1. The Morgan fingerprint density at radius 2 is 1.95 bits per heavy atom. The summed E-state index contributed by atoms with van der Waals surface area (Å²) in [5, 5.41) is 0. The van der Waals surface area contributed by atoms with Gasteiger partial charge in [-0.1, -0.05) is 0 Å². The molecule has 1 aliphatic carbocycles. The average Bonchev–Trinajstić information content (AvgIpc) is 3.18. The quantitative estimate of drug-likeness (QED) is 0.858. The first-order chi connectivity index (χ1) is 9.23. The van der Waals surface area contributed by atoms with E-state index in [0.29, 0.717) is 13.2 Å². The third-order valence-corrected chi connectivity index (χ3v) is 4.22. The van der Waals surface area contributed by atoms with E-state index >= 15 is 0 Å². The first-order valence-electron chi connectivity index (χ1n) is 6.97. The molecule has 1 aliphatic heterocycles. The maximum absolute atomic E-state index is 12.7. The second-order valence-corrected chi connectivity index (χ2v) is 5.89. The van der Waals surface area contributed by atoms with Gasteiger partial charge in [-0.15, -0.1) is 0 Å². The van der Waals surface area contributed by atoms with Gasteiger partial charge in [0.25, 0.3) is 0 Å². The van der Waals surface area contributed by atoms with E-state index in [2.05, 4.69) is 0 Å². The van der Waals surface area contributed by atoms with Crippen molar-refractivity contribution in [1.82, 2.24) is 4.90 Å². The van der Waals surface area contributed by atoms with Crippen LogP contribution in [0.25, 0.3) is 0 Å². The Hall–Kier alpha value is -0.820. The second-order valence-electron chi connectivity index (χ2n) is 5.89. The Kier molecular flexibility index (Phi) is 4.30. The molecule has 1 saturated carbocycles. The molecule has 0 radical (unpaired) electrons. The van der Waals surface area contributed by atoms with Gasteiger partial charge in [-0.05, 0) is 38.5 Å². The van der Waals surface area contributed by atoms with E-state index in [0.717, 1.165) is 17.7 Å². The summed E-state index contributed by atoms with van der Waals surface area (Å²) in [5.41, 5.74) is 4.83. The number of hydrogen-bond acceptors (Lipinski definition) is 3. The van der Waals surface area contributed by atoms with Crippen LogP contribution in [0.3, 0.4) is 0 Å². The third kappa shape index (κ3) is 3.63. The highest BCUT2D eigenvalue weighted by molar-refractivity contribution is 5.86. The molecule has 20 heavy (non-hydrogen) atoms. The number of rotatable bonds is 4. The Balaban J connectivity index is 2.13. The highest BCUT2D eigenvalue weighted by atomic mass is 19.4. The van der Waals surface area contributed by atoms with Crippen LogP contribution in [0.2, 0.25) is 0 Å². The van der Waals surface area contributed by atoms with E-state index < -0.39 is 30.2 Å². The number of amides is 1. The summed E-state index contributed by atoms with van der Waals surface area (Å²) in [4.78, 5) is 13.5. The number of ether oxygens (including phenoxy) is 1. The van der Waals surface area contributed by atoms with Crippen LogP contribution < -0.4 is 5.73 Å². The van der Waals surface area contributed by atoms with Crippen molar-refractivity contribution in [2.75, 3.05) is 19.8 Å². The molecule has 1 amide bonds. The topological polar surface area (TPSA) is 55.6 Å². The van der Waals surface area contributed by atoms with Crippen LogP contribution in [-0.4, -0.2) is 48.3 Å². The SMILES string of the molecule is CC(C1CC1)N(CC(F)(F)F)C(=O)C1(N)CCOCC1. The zero-order valence-electron chi connectivity index (χ0n) is 11.6. The Morgan fingerprint density at radius 1 is 1.40 bits per heavy atom. The van der Waals surface area contributed by atoms with Gasteiger partial charge in [0.1, 0.15) is 6.54 Å². The normalized spacial score (nSPS) is 24.2. The van der Waals surface area contributed by atoms with Crippen LogP contribution in [0.1, 0.15) is 32.6 Å². The summed E-state index contributed by atoms with van der Waals surface area (Å²) in [7, 11) is 0. The number of carbonyl (C=O) groups excluding carboxylic acids is 1. The van der Waals surface area contributed by atoms with E-state index in [-0.39, 0.29) is 18.8 Å². The van der Waals surface area contributed by atoms with Crippen LogP contribution in [0, 0.1) is 5.92 Å². The van der Waals surface area contributed by atoms with Gasteiger partial charge in [0, 0.05) is 19.3 Å². The van der Waals surface area contributed by atoms with Crippen molar-refractivity contribution in [3.05, 3.63) is 0 Å². The van der Waals surface area contributed by atoms with Gasteiger partial charge in [0.05, 0.1) is 5.54 Å². The fourth-order valence-corrected chi connectivity index (χ4v) is 2.66. The van der Waals surface area contributed by atoms with Gasteiger partial charge in [0.15, 0.2) is 0 Å². The maximum atomic E-state index is 12.7. The summed E-state index contributed by atoms with van der Waals surface area (Å²) in [6.07, 6.45) is -2.09. The molecule has 7 heteroatoms. The molecule has 2 rings (SSSR count). The van der Waals surface area contributed by atoms with E-state index in [9.17, 15) is 18.0 Å². The van der Waals surface area contributed by atoms with E-state index in [1.165, 1.54) is 0 Å². The molecule has 1 saturated heterocycles. The van der Waals surface area contributed by atoms with Gasteiger partial charge in [-0.2, -0.15) is 13.2 Å².